The molecule has 0 saturated heterocycles. The molecule has 0 bridgehead atoms. The minimum absolute atomic E-state index is 0.136. The van der Waals surface area contributed by atoms with Crippen molar-refractivity contribution < 1.29 is 30.9 Å². The van der Waals surface area contributed by atoms with E-state index in [1.54, 1.807) is 30.3 Å². The Morgan fingerprint density at radius 3 is 2.50 bits per heavy atom. The number of benzene rings is 3. The lowest BCUT2D eigenvalue weighted by molar-refractivity contribution is 0.292. The maximum Gasteiger partial charge on any atom is 0.294 e. The van der Waals surface area contributed by atoms with Crippen molar-refractivity contribution in [3.63, 3.8) is 0 Å². The van der Waals surface area contributed by atoms with Crippen LogP contribution in [-0.2, 0) is 29.7 Å². The van der Waals surface area contributed by atoms with Gasteiger partial charge in [-0.3, -0.25) is 4.55 Å². The highest BCUT2D eigenvalue weighted by atomic mass is 35.5. The molecule has 0 fully saturated rings. The average Bonchev–Trinajstić information content (AvgIpc) is 2.79. The molecule has 0 radical (unpaired) electrons. The van der Waals surface area contributed by atoms with Crippen molar-refractivity contribution in [1.29, 1.82) is 0 Å². The standard InChI is InChI=1S/C23H18Cl2F3NO4S/c24-15-6-7-19(33-12-14-10-17(25)22(27)23(28)21(14)26)13(9-15)11-29-8-2-3-16-18(29)4-1-5-20(16)34(30,31)32/h1,4-7,9-10H,2-3,8,11-12H2,(H,30,31,32). The average molecular weight is 532 g/mol. The van der Waals surface area contributed by atoms with Crippen LogP contribution in [0.1, 0.15) is 23.1 Å². The van der Waals surface area contributed by atoms with Crippen LogP contribution < -0.4 is 9.64 Å². The molecular formula is C23H18Cl2F3NO4S. The predicted molar refractivity (Wildman–Crippen MR) is 123 cm³/mol. The van der Waals surface area contributed by atoms with Gasteiger partial charge in [-0.25, -0.2) is 13.2 Å². The van der Waals surface area contributed by atoms with E-state index in [1.807, 2.05) is 4.90 Å². The molecule has 0 amide bonds. The first-order chi connectivity index (χ1) is 16.1. The molecule has 3 aromatic carbocycles. The van der Waals surface area contributed by atoms with Crippen LogP contribution in [-0.4, -0.2) is 19.5 Å². The Balaban J connectivity index is 1.63. The molecule has 1 N–H and O–H groups in total. The molecule has 1 aliphatic heterocycles. The highest BCUT2D eigenvalue weighted by Gasteiger charge is 2.25. The number of fused-ring (bicyclic) bond motifs is 1. The SMILES string of the molecule is O=S(=O)(O)c1cccc2c1CCCN2Cc1cc(Cl)ccc1OCc1cc(Cl)c(F)c(F)c1F. The van der Waals surface area contributed by atoms with Gasteiger partial charge in [0.25, 0.3) is 10.1 Å². The normalized spacial score (nSPS) is 13.6. The van der Waals surface area contributed by atoms with Gasteiger partial charge in [-0.05, 0) is 54.8 Å². The molecule has 0 aromatic heterocycles. The Bertz CT molecular complexity index is 1370. The molecular weight excluding hydrogens is 514 g/mol. The third-order valence-electron chi connectivity index (χ3n) is 5.53. The molecule has 1 heterocycles. The zero-order chi connectivity index (χ0) is 24.6. The highest BCUT2D eigenvalue weighted by Crippen LogP contribution is 2.35. The van der Waals surface area contributed by atoms with Gasteiger partial charge in [0.15, 0.2) is 17.5 Å². The number of nitrogens with zero attached hydrogens (tertiary/aromatic N) is 1. The van der Waals surface area contributed by atoms with Crippen LogP contribution in [0.15, 0.2) is 47.4 Å². The van der Waals surface area contributed by atoms with Crippen molar-refractivity contribution in [1.82, 2.24) is 0 Å². The number of hydrogen-bond donors (Lipinski definition) is 1. The number of halogens is 5. The van der Waals surface area contributed by atoms with Gasteiger partial charge < -0.3 is 9.64 Å². The van der Waals surface area contributed by atoms with Crippen LogP contribution in [0.4, 0.5) is 18.9 Å². The van der Waals surface area contributed by atoms with Gasteiger partial charge in [0, 0.05) is 34.9 Å². The van der Waals surface area contributed by atoms with Gasteiger partial charge in [0.1, 0.15) is 12.4 Å². The Kier molecular flexibility index (Phi) is 7.00. The Morgan fingerprint density at radius 2 is 1.76 bits per heavy atom. The van der Waals surface area contributed by atoms with E-state index in [0.717, 1.165) is 6.07 Å². The summed E-state index contributed by atoms with van der Waals surface area (Å²) in [4.78, 5) is 1.78. The molecule has 0 unspecified atom stereocenters. The molecule has 3 aromatic rings. The summed E-state index contributed by atoms with van der Waals surface area (Å²) in [6.07, 6.45) is 1.13. The van der Waals surface area contributed by atoms with Crippen molar-refractivity contribution in [2.75, 3.05) is 11.4 Å². The van der Waals surface area contributed by atoms with Gasteiger partial charge in [0.2, 0.25) is 0 Å². The maximum absolute atomic E-state index is 14.1. The lowest BCUT2D eigenvalue weighted by Crippen LogP contribution is -2.30. The van der Waals surface area contributed by atoms with E-state index in [0.29, 0.717) is 47.0 Å². The molecule has 180 valence electrons. The second kappa shape index (κ2) is 9.65. The van der Waals surface area contributed by atoms with Crippen molar-refractivity contribution in [3.05, 3.63) is 86.7 Å². The monoisotopic (exact) mass is 531 g/mol. The van der Waals surface area contributed by atoms with E-state index < -0.39 is 39.2 Å². The van der Waals surface area contributed by atoms with E-state index in [4.69, 9.17) is 27.9 Å². The minimum Gasteiger partial charge on any atom is -0.488 e. The quantitative estimate of drug-likeness (QED) is 0.233. The van der Waals surface area contributed by atoms with Crippen LogP contribution in [0, 0.1) is 17.5 Å². The lowest BCUT2D eigenvalue weighted by Gasteiger charge is -2.32. The summed E-state index contributed by atoms with van der Waals surface area (Å²) in [5.41, 5.74) is 1.50. The molecule has 0 saturated carbocycles. The maximum atomic E-state index is 14.1. The Hall–Kier alpha value is -2.46. The van der Waals surface area contributed by atoms with E-state index in [-0.39, 0.29) is 17.0 Å². The molecule has 0 atom stereocenters. The van der Waals surface area contributed by atoms with E-state index in [2.05, 4.69) is 0 Å². The fraction of sp³-hybridized carbons (Fsp3) is 0.217. The topological polar surface area (TPSA) is 66.8 Å². The molecule has 11 heteroatoms. The minimum atomic E-state index is -4.39. The van der Waals surface area contributed by atoms with E-state index >= 15 is 0 Å². The summed E-state index contributed by atoms with van der Waals surface area (Å²) in [5.74, 6) is -4.21. The second-order valence-electron chi connectivity index (χ2n) is 7.75. The summed E-state index contributed by atoms with van der Waals surface area (Å²) in [6.45, 7) is 0.445. The number of anilines is 1. The molecule has 1 aliphatic rings. The number of rotatable bonds is 6. The molecule has 0 aliphatic carbocycles. The lowest BCUT2D eigenvalue weighted by atomic mass is 10.0. The van der Waals surface area contributed by atoms with Gasteiger partial charge in [-0.1, -0.05) is 29.3 Å². The van der Waals surface area contributed by atoms with Gasteiger partial charge >= 0.3 is 0 Å². The summed E-state index contributed by atoms with van der Waals surface area (Å²) >= 11 is 11.8. The first kappa shape index (κ1) is 24.7. The van der Waals surface area contributed by atoms with Crippen LogP contribution >= 0.6 is 23.2 Å². The summed E-state index contributed by atoms with van der Waals surface area (Å²) in [7, 11) is -4.39. The summed E-state index contributed by atoms with van der Waals surface area (Å²) < 4.78 is 80.2. The van der Waals surface area contributed by atoms with Crippen LogP contribution in [0.25, 0.3) is 0 Å². The van der Waals surface area contributed by atoms with Crippen molar-refractivity contribution in [2.45, 2.75) is 30.9 Å². The first-order valence-electron chi connectivity index (χ1n) is 10.1. The number of hydrogen-bond acceptors (Lipinski definition) is 4. The largest absolute Gasteiger partial charge is 0.488 e. The molecule has 0 spiro atoms. The van der Waals surface area contributed by atoms with E-state index in [1.165, 1.54) is 6.07 Å². The fourth-order valence-corrected chi connectivity index (χ4v) is 5.15. The van der Waals surface area contributed by atoms with Crippen molar-refractivity contribution in [2.24, 2.45) is 0 Å². The third kappa shape index (κ3) is 4.98. The Morgan fingerprint density at radius 1 is 1.00 bits per heavy atom. The van der Waals surface area contributed by atoms with Crippen molar-refractivity contribution >= 4 is 39.0 Å². The fourth-order valence-electron chi connectivity index (χ4n) is 3.98. The second-order valence-corrected chi connectivity index (χ2v) is 9.99. The molecule has 4 rings (SSSR count). The summed E-state index contributed by atoms with van der Waals surface area (Å²) in [5, 5.41) is -0.151. The van der Waals surface area contributed by atoms with Gasteiger partial charge in [-0.2, -0.15) is 8.42 Å². The smallest absolute Gasteiger partial charge is 0.294 e. The van der Waals surface area contributed by atoms with Crippen molar-refractivity contribution in [3.8, 4) is 5.75 Å². The predicted octanol–water partition coefficient (Wildman–Crippen LogP) is 6.19. The molecule has 34 heavy (non-hydrogen) atoms. The highest BCUT2D eigenvalue weighted by molar-refractivity contribution is 7.85. The van der Waals surface area contributed by atoms with Gasteiger partial charge in [0.05, 0.1) is 9.92 Å². The van der Waals surface area contributed by atoms with Crippen LogP contribution in [0.2, 0.25) is 10.0 Å². The molecule has 5 nitrogen and oxygen atoms in total. The van der Waals surface area contributed by atoms with Gasteiger partial charge in [-0.15, -0.1) is 0 Å². The van der Waals surface area contributed by atoms with Crippen LogP contribution in [0.5, 0.6) is 5.75 Å². The third-order valence-corrected chi connectivity index (χ3v) is 6.98. The Labute approximate surface area is 204 Å². The zero-order valence-electron chi connectivity index (χ0n) is 17.5. The zero-order valence-corrected chi connectivity index (χ0v) is 19.8. The van der Waals surface area contributed by atoms with E-state index in [9.17, 15) is 26.1 Å². The number of ether oxygens (including phenoxy) is 1. The van der Waals surface area contributed by atoms with Crippen LogP contribution in [0.3, 0.4) is 0 Å². The summed E-state index contributed by atoms with van der Waals surface area (Å²) in [6, 6.07) is 10.4. The first-order valence-corrected chi connectivity index (χ1v) is 12.3.